The third-order valence-corrected chi connectivity index (χ3v) is 6.56. The van der Waals surface area contributed by atoms with Gasteiger partial charge in [0, 0.05) is 20.9 Å². The van der Waals surface area contributed by atoms with E-state index in [1.807, 2.05) is 30.3 Å². The Kier molecular flexibility index (Phi) is 6.01. The Balaban J connectivity index is 1.70. The van der Waals surface area contributed by atoms with Crippen molar-refractivity contribution in [2.75, 3.05) is 13.7 Å². The fourth-order valence-corrected chi connectivity index (χ4v) is 5.45. The SMILES string of the molecule is COc1ccc(Cn2c3nc4ccccc4nc3c3cc(Br)cc(Br)c32)cc1OCC(C)C. The van der Waals surface area contributed by atoms with Crippen LogP contribution in [0.25, 0.3) is 33.1 Å². The van der Waals surface area contributed by atoms with Crippen molar-refractivity contribution in [3.05, 3.63) is 69.1 Å². The summed E-state index contributed by atoms with van der Waals surface area (Å²) >= 11 is 7.40. The van der Waals surface area contributed by atoms with Crippen LogP contribution < -0.4 is 9.47 Å². The van der Waals surface area contributed by atoms with Gasteiger partial charge in [0.25, 0.3) is 0 Å². The minimum atomic E-state index is 0.425. The molecular formula is C26H23Br2N3O2. The molecule has 0 bridgehead atoms. The zero-order chi connectivity index (χ0) is 23.1. The predicted molar refractivity (Wildman–Crippen MR) is 140 cm³/mol. The van der Waals surface area contributed by atoms with E-state index in [0.717, 1.165) is 59.1 Å². The second-order valence-electron chi connectivity index (χ2n) is 8.44. The van der Waals surface area contributed by atoms with Crippen LogP contribution in [0.4, 0.5) is 0 Å². The average molecular weight is 569 g/mol. The summed E-state index contributed by atoms with van der Waals surface area (Å²) in [6.07, 6.45) is 0. The van der Waals surface area contributed by atoms with Crippen LogP contribution in [0, 0.1) is 5.92 Å². The lowest BCUT2D eigenvalue weighted by Gasteiger charge is -2.15. The summed E-state index contributed by atoms with van der Waals surface area (Å²) in [7, 11) is 1.67. The first-order valence-corrected chi connectivity index (χ1v) is 12.4. The molecule has 5 nitrogen and oxygen atoms in total. The molecule has 0 amide bonds. The monoisotopic (exact) mass is 567 g/mol. The third kappa shape index (κ3) is 4.20. The van der Waals surface area contributed by atoms with Gasteiger partial charge in [-0.1, -0.05) is 48.0 Å². The number of rotatable bonds is 6. The van der Waals surface area contributed by atoms with Gasteiger partial charge in [-0.15, -0.1) is 0 Å². The molecule has 0 aliphatic carbocycles. The van der Waals surface area contributed by atoms with Gasteiger partial charge in [-0.25, -0.2) is 9.97 Å². The largest absolute Gasteiger partial charge is 0.493 e. The maximum absolute atomic E-state index is 6.04. The molecule has 5 rings (SSSR count). The summed E-state index contributed by atoms with van der Waals surface area (Å²) < 4.78 is 15.8. The van der Waals surface area contributed by atoms with Gasteiger partial charge in [-0.05, 0) is 63.8 Å². The van der Waals surface area contributed by atoms with Crippen molar-refractivity contribution in [2.45, 2.75) is 20.4 Å². The minimum Gasteiger partial charge on any atom is -0.493 e. The number of ether oxygens (including phenoxy) is 2. The third-order valence-electron chi connectivity index (χ3n) is 5.50. The van der Waals surface area contributed by atoms with Crippen LogP contribution >= 0.6 is 31.9 Å². The second kappa shape index (κ2) is 8.95. The molecule has 168 valence electrons. The summed E-state index contributed by atoms with van der Waals surface area (Å²) in [6, 6.07) is 18.2. The molecule has 33 heavy (non-hydrogen) atoms. The Hall–Kier alpha value is -2.64. The summed E-state index contributed by atoms with van der Waals surface area (Å²) in [5.41, 5.74) is 5.65. The molecule has 0 fully saturated rings. The zero-order valence-electron chi connectivity index (χ0n) is 18.6. The van der Waals surface area contributed by atoms with Gasteiger partial charge in [0.05, 0.1) is 30.3 Å². The molecule has 0 saturated heterocycles. The summed E-state index contributed by atoms with van der Waals surface area (Å²) in [6.45, 7) is 5.52. The fourth-order valence-electron chi connectivity index (χ4n) is 4.01. The van der Waals surface area contributed by atoms with Crippen molar-refractivity contribution >= 4 is 65.0 Å². The predicted octanol–water partition coefficient (Wildman–Crippen LogP) is 7.35. The maximum atomic E-state index is 6.04. The van der Waals surface area contributed by atoms with Gasteiger partial charge in [0.15, 0.2) is 17.1 Å². The Morgan fingerprint density at radius 3 is 2.42 bits per heavy atom. The fraction of sp³-hybridized carbons (Fsp3) is 0.231. The van der Waals surface area contributed by atoms with E-state index in [2.05, 4.69) is 74.5 Å². The molecule has 7 heteroatoms. The van der Waals surface area contributed by atoms with Crippen molar-refractivity contribution in [3.63, 3.8) is 0 Å². The lowest BCUT2D eigenvalue weighted by atomic mass is 10.2. The van der Waals surface area contributed by atoms with Crippen molar-refractivity contribution in [2.24, 2.45) is 5.92 Å². The highest BCUT2D eigenvalue weighted by atomic mass is 79.9. The zero-order valence-corrected chi connectivity index (χ0v) is 21.8. The van der Waals surface area contributed by atoms with Crippen LogP contribution in [-0.2, 0) is 6.54 Å². The molecular weight excluding hydrogens is 546 g/mol. The molecule has 0 unspecified atom stereocenters. The number of nitrogens with zero attached hydrogens (tertiary/aromatic N) is 3. The topological polar surface area (TPSA) is 49.2 Å². The molecule has 2 aromatic heterocycles. The lowest BCUT2D eigenvalue weighted by molar-refractivity contribution is 0.256. The van der Waals surface area contributed by atoms with Crippen molar-refractivity contribution in [1.29, 1.82) is 0 Å². The maximum Gasteiger partial charge on any atom is 0.161 e. The van der Waals surface area contributed by atoms with Gasteiger partial charge < -0.3 is 14.0 Å². The van der Waals surface area contributed by atoms with Crippen LogP contribution in [-0.4, -0.2) is 28.3 Å². The molecule has 0 aliphatic heterocycles. The van der Waals surface area contributed by atoms with Crippen LogP contribution in [0.1, 0.15) is 19.4 Å². The Labute approximate surface area is 209 Å². The number of para-hydroxylation sites is 2. The van der Waals surface area contributed by atoms with Gasteiger partial charge in [0.1, 0.15) is 5.52 Å². The number of methoxy groups -OCH3 is 1. The molecule has 3 aromatic carbocycles. The second-order valence-corrected chi connectivity index (χ2v) is 10.2. The number of halogens is 2. The first kappa shape index (κ1) is 22.2. The highest BCUT2D eigenvalue weighted by Gasteiger charge is 2.18. The Morgan fingerprint density at radius 2 is 1.70 bits per heavy atom. The molecule has 0 saturated carbocycles. The van der Waals surface area contributed by atoms with Gasteiger partial charge in [-0.3, -0.25) is 0 Å². The van der Waals surface area contributed by atoms with Gasteiger partial charge in [0.2, 0.25) is 0 Å². The van der Waals surface area contributed by atoms with Gasteiger partial charge >= 0.3 is 0 Å². The molecule has 0 aliphatic rings. The van der Waals surface area contributed by atoms with E-state index in [1.165, 1.54) is 0 Å². The molecule has 5 aromatic rings. The Morgan fingerprint density at radius 1 is 0.939 bits per heavy atom. The molecule has 0 radical (unpaired) electrons. The van der Waals surface area contributed by atoms with E-state index in [4.69, 9.17) is 19.4 Å². The van der Waals surface area contributed by atoms with E-state index in [9.17, 15) is 0 Å². The van der Waals surface area contributed by atoms with E-state index < -0.39 is 0 Å². The first-order valence-electron chi connectivity index (χ1n) is 10.8. The highest BCUT2D eigenvalue weighted by molar-refractivity contribution is 9.11. The number of hydrogen-bond acceptors (Lipinski definition) is 4. The summed E-state index contributed by atoms with van der Waals surface area (Å²) in [5, 5.41) is 1.05. The van der Waals surface area contributed by atoms with Gasteiger partial charge in [-0.2, -0.15) is 0 Å². The summed E-state index contributed by atoms with van der Waals surface area (Å²) in [5.74, 6) is 1.91. The van der Waals surface area contributed by atoms with E-state index >= 15 is 0 Å². The quantitative estimate of drug-likeness (QED) is 0.215. The minimum absolute atomic E-state index is 0.425. The number of aromatic nitrogens is 3. The standard InChI is InChI=1S/C26H23Br2N3O2/c1-15(2)14-33-23-10-16(8-9-22(23)32-3)13-31-25-18(11-17(27)12-19(25)28)24-26(31)30-21-7-5-4-6-20(21)29-24/h4-12,15H,13-14H2,1-3H3. The number of fused-ring (bicyclic) bond motifs is 4. The molecule has 0 N–H and O–H groups in total. The van der Waals surface area contributed by atoms with E-state index in [0.29, 0.717) is 19.1 Å². The molecule has 2 heterocycles. The average Bonchev–Trinajstić information content (AvgIpc) is 3.09. The van der Waals surface area contributed by atoms with Crippen LogP contribution in [0.5, 0.6) is 11.5 Å². The van der Waals surface area contributed by atoms with Crippen molar-refractivity contribution in [1.82, 2.24) is 14.5 Å². The number of hydrogen-bond donors (Lipinski definition) is 0. The Bertz CT molecular complexity index is 1490. The smallest absolute Gasteiger partial charge is 0.161 e. The summed E-state index contributed by atoms with van der Waals surface area (Å²) in [4.78, 5) is 9.98. The first-order chi connectivity index (χ1) is 15.9. The van der Waals surface area contributed by atoms with Crippen LogP contribution in [0.15, 0.2) is 63.5 Å². The van der Waals surface area contributed by atoms with Crippen molar-refractivity contribution < 1.29 is 9.47 Å². The molecule has 0 spiro atoms. The highest BCUT2D eigenvalue weighted by Crippen LogP contribution is 2.37. The molecule has 0 atom stereocenters. The van der Waals surface area contributed by atoms with Crippen LogP contribution in [0.2, 0.25) is 0 Å². The normalized spacial score (nSPS) is 11.7. The van der Waals surface area contributed by atoms with E-state index in [1.54, 1.807) is 7.11 Å². The van der Waals surface area contributed by atoms with Crippen molar-refractivity contribution in [3.8, 4) is 11.5 Å². The lowest BCUT2D eigenvalue weighted by Crippen LogP contribution is -2.07. The van der Waals surface area contributed by atoms with Crippen LogP contribution in [0.3, 0.4) is 0 Å². The van der Waals surface area contributed by atoms with E-state index in [-0.39, 0.29) is 0 Å². The number of benzene rings is 3.